The molecule has 10 aromatic rings. The summed E-state index contributed by atoms with van der Waals surface area (Å²) in [4.78, 5) is 19.0. The van der Waals surface area contributed by atoms with Crippen molar-refractivity contribution < 1.29 is 0 Å². The van der Waals surface area contributed by atoms with Crippen LogP contribution in [0.5, 0.6) is 0 Å². The minimum absolute atomic E-state index is 0.0168. The van der Waals surface area contributed by atoms with E-state index in [1.165, 1.54) is 82.1 Å². The quantitative estimate of drug-likeness (QED) is 0.162. The second-order valence-electron chi connectivity index (χ2n) is 20.1. The Hall–Kier alpha value is -8.15. The maximum atomic E-state index is 5.49. The standard InChI is InChI=1S/C65H49N5/c1-2-15-44(16-3-1)63-66-64(47-28-27-43-26-25-40-13-6-8-20-50(40)56(43)36-47)68-65(67-63)55-23-12-19-42-29-31-48(38-57(42)55)69-60-37-46-18-5-4-17-45(46)35-58(60)53-34-32-49(39-61(53)69)70-59-24-11-10-22-52(59)54-33-30-41-14-7-9-21-51(41)62(54)70/h1-18,20-35,37,42,47-49,53,61H,19,36,38-39H2. The Labute approximate surface area is 407 Å². The molecule has 0 radical (unpaired) electrons. The molecule has 3 heterocycles. The molecule has 6 unspecified atom stereocenters. The minimum Gasteiger partial charge on any atom is -0.360 e. The summed E-state index contributed by atoms with van der Waals surface area (Å²) in [6.07, 6.45) is 23.1. The van der Waals surface area contributed by atoms with Gasteiger partial charge in [-0.25, -0.2) is 15.0 Å². The van der Waals surface area contributed by atoms with Crippen LogP contribution in [-0.2, 0) is 6.42 Å². The summed E-state index contributed by atoms with van der Waals surface area (Å²) in [5.74, 6) is 2.90. The molecule has 1 aliphatic heterocycles. The smallest absolute Gasteiger partial charge is 0.163 e. The zero-order valence-electron chi connectivity index (χ0n) is 38.7. The predicted octanol–water partition coefficient (Wildman–Crippen LogP) is 15.3. The lowest BCUT2D eigenvalue weighted by molar-refractivity contribution is 0.424. The molecule has 0 N–H and O–H groups in total. The normalized spacial score (nSPS) is 22.3. The summed E-state index contributed by atoms with van der Waals surface area (Å²) >= 11 is 0. The zero-order chi connectivity index (χ0) is 45.9. The number of nitrogens with zero attached hydrogens (tertiary/aromatic N) is 5. The Morgan fingerprint density at radius 1 is 0.500 bits per heavy atom. The van der Waals surface area contributed by atoms with Gasteiger partial charge in [0.15, 0.2) is 11.6 Å². The molecule has 70 heavy (non-hydrogen) atoms. The van der Waals surface area contributed by atoms with Crippen LogP contribution >= 0.6 is 0 Å². The molecule has 0 saturated heterocycles. The molecule has 5 nitrogen and oxygen atoms in total. The fraction of sp³-hybridized carbons (Fsp3) is 0.154. The maximum Gasteiger partial charge on any atom is 0.163 e. The van der Waals surface area contributed by atoms with Gasteiger partial charge in [-0.3, -0.25) is 0 Å². The van der Waals surface area contributed by atoms with Crippen molar-refractivity contribution in [1.82, 2.24) is 19.5 Å². The summed E-state index contributed by atoms with van der Waals surface area (Å²) in [6, 6.07) is 60.7. The van der Waals surface area contributed by atoms with Gasteiger partial charge in [0.25, 0.3) is 0 Å². The monoisotopic (exact) mass is 899 g/mol. The predicted molar refractivity (Wildman–Crippen MR) is 289 cm³/mol. The van der Waals surface area contributed by atoms with Crippen LogP contribution < -0.4 is 4.90 Å². The van der Waals surface area contributed by atoms with Gasteiger partial charge in [-0.15, -0.1) is 0 Å². The molecule has 0 bridgehead atoms. The molecular weight excluding hydrogens is 851 g/mol. The number of anilines is 1. The molecule has 8 aromatic carbocycles. The van der Waals surface area contributed by atoms with E-state index in [0.29, 0.717) is 0 Å². The average Bonchev–Trinajstić information content (AvgIpc) is 3.94. The van der Waals surface area contributed by atoms with Crippen LogP contribution in [0, 0.1) is 5.92 Å². The van der Waals surface area contributed by atoms with Crippen LogP contribution in [0.3, 0.4) is 0 Å². The summed E-state index contributed by atoms with van der Waals surface area (Å²) in [7, 11) is 0. The first-order valence-electron chi connectivity index (χ1n) is 25.2. The zero-order valence-corrected chi connectivity index (χ0v) is 38.7. The number of fused-ring (bicyclic) bond motifs is 13. The SMILES string of the molecule is C1=CC(c2nc(-c3ccccc3)nc(C3C=Cc4ccc5ccccc5c4C3)n2)=C2CC(N3c4cc5ccccc5cc4C4C=CC(n5c6ccccc6c6ccc7ccccc7c65)CC43)C=CC2C1. The Morgan fingerprint density at radius 3 is 2.09 bits per heavy atom. The fourth-order valence-corrected chi connectivity index (χ4v) is 13.1. The molecule has 5 heteroatoms. The summed E-state index contributed by atoms with van der Waals surface area (Å²) in [6.45, 7) is 0. The van der Waals surface area contributed by atoms with Gasteiger partial charge in [0.1, 0.15) is 5.82 Å². The summed E-state index contributed by atoms with van der Waals surface area (Å²) in [5.41, 5.74) is 11.6. The molecule has 4 aliphatic carbocycles. The van der Waals surface area contributed by atoms with Crippen LogP contribution in [0.1, 0.15) is 65.5 Å². The largest absolute Gasteiger partial charge is 0.360 e. The first-order valence-corrected chi connectivity index (χ1v) is 25.2. The number of hydrogen-bond donors (Lipinski definition) is 0. The van der Waals surface area contributed by atoms with E-state index in [9.17, 15) is 0 Å². The van der Waals surface area contributed by atoms with Crippen molar-refractivity contribution in [2.24, 2.45) is 5.92 Å². The highest BCUT2D eigenvalue weighted by atomic mass is 15.2. The average molecular weight is 900 g/mol. The van der Waals surface area contributed by atoms with Crippen LogP contribution in [0.15, 0.2) is 212 Å². The van der Waals surface area contributed by atoms with Gasteiger partial charge in [-0.2, -0.15) is 0 Å². The summed E-state index contributed by atoms with van der Waals surface area (Å²) < 4.78 is 2.67. The Bertz CT molecular complexity index is 3960. The van der Waals surface area contributed by atoms with E-state index in [2.05, 4.69) is 222 Å². The van der Waals surface area contributed by atoms with Crippen LogP contribution in [-0.4, -0.2) is 31.6 Å². The van der Waals surface area contributed by atoms with E-state index >= 15 is 0 Å². The first-order chi connectivity index (χ1) is 34.7. The molecule has 0 spiro atoms. The van der Waals surface area contributed by atoms with Crippen molar-refractivity contribution in [1.29, 1.82) is 0 Å². The maximum absolute atomic E-state index is 5.49. The third-order valence-electron chi connectivity index (χ3n) is 16.3. The van der Waals surface area contributed by atoms with Gasteiger partial charge >= 0.3 is 0 Å². The van der Waals surface area contributed by atoms with E-state index < -0.39 is 0 Å². The van der Waals surface area contributed by atoms with Crippen molar-refractivity contribution in [3.05, 3.63) is 240 Å². The first kappa shape index (κ1) is 39.8. The second-order valence-corrected chi connectivity index (χ2v) is 20.1. The second kappa shape index (κ2) is 15.7. The van der Waals surface area contributed by atoms with E-state index in [0.717, 1.165) is 54.3 Å². The number of rotatable bonds is 5. The van der Waals surface area contributed by atoms with Gasteiger partial charge < -0.3 is 9.47 Å². The third-order valence-corrected chi connectivity index (χ3v) is 16.3. The number of allylic oxidation sites excluding steroid dienone is 6. The fourth-order valence-electron chi connectivity index (χ4n) is 13.1. The van der Waals surface area contributed by atoms with Gasteiger partial charge in [0.05, 0.1) is 17.6 Å². The minimum atomic E-state index is 0.0168. The highest BCUT2D eigenvalue weighted by Gasteiger charge is 2.45. The molecule has 0 amide bonds. The van der Waals surface area contributed by atoms with E-state index in [1.807, 2.05) is 0 Å². The molecule has 0 saturated carbocycles. The summed E-state index contributed by atoms with van der Waals surface area (Å²) in [5, 5.41) is 10.4. The number of aromatic nitrogens is 4. The van der Waals surface area contributed by atoms with Crippen molar-refractivity contribution in [2.75, 3.05) is 4.90 Å². The van der Waals surface area contributed by atoms with Crippen LogP contribution in [0.2, 0.25) is 0 Å². The molecule has 0 fully saturated rings. The lowest BCUT2D eigenvalue weighted by Crippen LogP contribution is -2.44. The highest BCUT2D eigenvalue weighted by molar-refractivity contribution is 6.17. The Kier molecular flexibility index (Phi) is 8.92. The van der Waals surface area contributed by atoms with Crippen molar-refractivity contribution in [3.8, 4) is 11.4 Å². The molecular formula is C65H49N5. The number of hydrogen-bond acceptors (Lipinski definition) is 4. The third kappa shape index (κ3) is 6.20. The molecule has 5 aliphatic rings. The van der Waals surface area contributed by atoms with Gasteiger partial charge in [0.2, 0.25) is 0 Å². The topological polar surface area (TPSA) is 46.8 Å². The number of para-hydroxylation sites is 1. The van der Waals surface area contributed by atoms with Crippen LogP contribution in [0.4, 0.5) is 5.69 Å². The van der Waals surface area contributed by atoms with Gasteiger partial charge in [0, 0.05) is 62.3 Å². The van der Waals surface area contributed by atoms with Gasteiger partial charge in [-0.1, -0.05) is 194 Å². The molecule has 334 valence electrons. The van der Waals surface area contributed by atoms with Gasteiger partial charge in [-0.05, 0) is 93.1 Å². The number of benzene rings is 8. The Morgan fingerprint density at radius 2 is 1.21 bits per heavy atom. The van der Waals surface area contributed by atoms with E-state index in [-0.39, 0.29) is 35.9 Å². The van der Waals surface area contributed by atoms with E-state index in [1.54, 1.807) is 0 Å². The lowest BCUT2D eigenvalue weighted by Gasteiger charge is -2.42. The highest BCUT2D eigenvalue weighted by Crippen LogP contribution is 2.53. The van der Waals surface area contributed by atoms with E-state index in [4.69, 9.17) is 15.0 Å². The molecule has 2 aromatic heterocycles. The van der Waals surface area contributed by atoms with Crippen LogP contribution in [0.25, 0.3) is 77.2 Å². The molecule has 15 rings (SSSR count). The lowest BCUT2D eigenvalue weighted by atomic mass is 9.78. The van der Waals surface area contributed by atoms with Crippen molar-refractivity contribution >= 4 is 71.5 Å². The van der Waals surface area contributed by atoms with Crippen molar-refractivity contribution in [2.45, 2.75) is 55.6 Å². The Balaban J connectivity index is 0.852. The van der Waals surface area contributed by atoms with Crippen molar-refractivity contribution in [3.63, 3.8) is 0 Å². The molecule has 6 atom stereocenters.